The summed E-state index contributed by atoms with van der Waals surface area (Å²) < 4.78 is 33.9. The van der Waals surface area contributed by atoms with Gasteiger partial charge in [0.15, 0.2) is 0 Å². The standard InChI is InChI=1S/C17H25F2NO/c1-3-11-20-16(14-12-13(18)7-8-15(14)19)17(21-4-2)9-5-6-10-17/h7-8,12,16,20H,3-6,9-11H2,1-2H3. The maximum absolute atomic E-state index is 14.2. The van der Waals surface area contributed by atoms with Gasteiger partial charge in [-0.2, -0.15) is 0 Å². The lowest BCUT2D eigenvalue weighted by Gasteiger charge is -2.38. The average molecular weight is 297 g/mol. The van der Waals surface area contributed by atoms with Crippen LogP contribution in [0.5, 0.6) is 0 Å². The minimum atomic E-state index is -0.418. The Labute approximate surface area is 125 Å². The summed E-state index contributed by atoms with van der Waals surface area (Å²) in [6, 6.07) is 3.38. The van der Waals surface area contributed by atoms with Gasteiger partial charge in [-0.3, -0.25) is 0 Å². The van der Waals surface area contributed by atoms with E-state index < -0.39 is 11.4 Å². The number of rotatable bonds is 7. The van der Waals surface area contributed by atoms with Crippen LogP contribution in [0.15, 0.2) is 18.2 Å². The van der Waals surface area contributed by atoms with Gasteiger partial charge in [0, 0.05) is 12.2 Å². The average Bonchev–Trinajstić information content (AvgIpc) is 2.93. The van der Waals surface area contributed by atoms with Gasteiger partial charge in [0.2, 0.25) is 0 Å². The Hall–Kier alpha value is -1.00. The first-order valence-corrected chi connectivity index (χ1v) is 7.95. The molecule has 118 valence electrons. The molecule has 0 bridgehead atoms. The van der Waals surface area contributed by atoms with Crippen LogP contribution in [0.25, 0.3) is 0 Å². The van der Waals surface area contributed by atoms with Crippen molar-refractivity contribution in [2.45, 2.75) is 57.6 Å². The summed E-state index contributed by atoms with van der Waals surface area (Å²) in [6.07, 6.45) is 4.86. The molecule has 0 radical (unpaired) electrons. The highest BCUT2D eigenvalue weighted by Crippen LogP contribution is 2.43. The van der Waals surface area contributed by atoms with E-state index in [-0.39, 0.29) is 11.9 Å². The highest BCUT2D eigenvalue weighted by molar-refractivity contribution is 5.26. The van der Waals surface area contributed by atoms with Crippen LogP contribution in [-0.4, -0.2) is 18.8 Å². The molecular formula is C17H25F2NO. The molecule has 21 heavy (non-hydrogen) atoms. The van der Waals surface area contributed by atoms with Crippen molar-refractivity contribution in [3.63, 3.8) is 0 Å². The Morgan fingerprint density at radius 1 is 1.24 bits per heavy atom. The third-order valence-corrected chi connectivity index (χ3v) is 4.28. The summed E-state index contributed by atoms with van der Waals surface area (Å²) in [4.78, 5) is 0. The Morgan fingerprint density at radius 2 is 1.95 bits per heavy atom. The number of hydrogen-bond donors (Lipinski definition) is 1. The first kappa shape index (κ1) is 16.4. The molecule has 4 heteroatoms. The van der Waals surface area contributed by atoms with E-state index in [1.165, 1.54) is 12.1 Å². The Morgan fingerprint density at radius 3 is 2.57 bits per heavy atom. The van der Waals surface area contributed by atoms with Crippen LogP contribution in [-0.2, 0) is 4.74 Å². The quantitative estimate of drug-likeness (QED) is 0.807. The normalized spacial score (nSPS) is 18.9. The fourth-order valence-corrected chi connectivity index (χ4v) is 3.38. The lowest BCUT2D eigenvalue weighted by molar-refractivity contribution is -0.0633. The molecule has 0 heterocycles. The zero-order valence-corrected chi connectivity index (χ0v) is 12.9. The molecule has 1 aliphatic rings. The predicted molar refractivity (Wildman–Crippen MR) is 80.2 cm³/mol. The molecule has 0 spiro atoms. The molecule has 0 amide bonds. The molecule has 2 nitrogen and oxygen atoms in total. The fraction of sp³-hybridized carbons (Fsp3) is 0.647. The molecule has 0 aliphatic heterocycles. The highest BCUT2D eigenvalue weighted by atomic mass is 19.1. The molecule has 0 saturated heterocycles. The Kier molecular flexibility index (Phi) is 5.71. The van der Waals surface area contributed by atoms with E-state index in [1.54, 1.807) is 0 Å². The largest absolute Gasteiger partial charge is 0.373 e. The van der Waals surface area contributed by atoms with Crippen molar-refractivity contribution in [2.75, 3.05) is 13.2 Å². The molecule has 1 aromatic rings. The summed E-state index contributed by atoms with van der Waals surface area (Å²) in [6.45, 7) is 5.36. The Balaban J connectivity index is 2.38. The molecule has 1 saturated carbocycles. The van der Waals surface area contributed by atoms with Gasteiger partial charge in [0.05, 0.1) is 11.6 Å². The van der Waals surface area contributed by atoms with Gasteiger partial charge in [0.25, 0.3) is 0 Å². The zero-order valence-electron chi connectivity index (χ0n) is 12.9. The van der Waals surface area contributed by atoms with Crippen LogP contribution < -0.4 is 5.32 Å². The molecule has 1 aliphatic carbocycles. The zero-order chi connectivity index (χ0) is 15.3. The van der Waals surface area contributed by atoms with Crippen molar-refractivity contribution in [3.8, 4) is 0 Å². The monoisotopic (exact) mass is 297 g/mol. The van der Waals surface area contributed by atoms with Gasteiger partial charge in [-0.25, -0.2) is 8.78 Å². The van der Waals surface area contributed by atoms with Crippen LogP contribution in [0.3, 0.4) is 0 Å². The summed E-state index contributed by atoms with van der Waals surface area (Å²) in [5.74, 6) is -0.768. The summed E-state index contributed by atoms with van der Waals surface area (Å²) in [5, 5.41) is 3.39. The number of halogens is 2. The van der Waals surface area contributed by atoms with E-state index >= 15 is 0 Å². The molecule has 0 aromatic heterocycles. The van der Waals surface area contributed by atoms with Crippen molar-refractivity contribution in [1.29, 1.82) is 0 Å². The summed E-state index contributed by atoms with van der Waals surface area (Å²) in [7, 11) is 0. The third kappa shape index (κ3) is 3.61. The first-order chi connectivity index (χ1) is 10.1. The Bertz CT molecular complexity index is 458. The molecular weight excluding hydrogens is 272 g/mol. The third-order valence-electron chi connectivity index (χ3n) is 4.28. The molecule has 1 N–H and O–H groups in total. The smallest absolute Gasteiger partial charge is 0.128 e. The fourth-order valence-electron chi connectivity index (χ4n) is 3.38. The second kappa shape index (κ2) is 7.32. The van der Waals surface area contributed by atoms with Crippen molar-refractivity contribution in [2.24, 2.45) is 0 Å². The van der Waals surface area contributed by atoms with Crippen molar-refractivity contribution in [3.05, 3.63) is 35.4 Å². The minimum absolute atomic E-state index is 0.296. The SMILES string of the molecule is CCCNC(c1cc(F)ccc1F)C1(OCC)CCCC1. The molecule has 1 atom stereocenters. The molecule has 1 fully saturated rings. The maximum Gasteiger partial charge on any atom is 0.128 e. The topological polar surface area (TPSA) is 21.3 Å². The summed E-state index contributed by atoms with van der Waals surface area (Å²) >= 11 is 0. The maximum atomic E-state index is 14.2. The lowest BCUT2D eigenvalue weighted by Crippen LogP contribution is -2.45. The second-order valence-electron chi connectivity index (χ2n) is 5.76. The van der Waals surface area contributed by atoms with Crippen molar-refractivity contribution >= 4 is 0 Å². The van der Waals surface area contributed by atoms with Gasteiger partial charge < -0.3 is 10.1 Å². The van der Waals surface area contributed by atoms with E-state index in [0.717, 1.165) is 44.7 Å². The van der Waals surface area contributed by atoms with Crippen LogP contribution in [0.4, 0.5) is 8.78 Å². The molecule has 1 unspecified atom stereocenters. The number of nitrogens with one attached hydrogen (secondary N) is 1. The van der Waals surface area contributed by atoms with Gasteiger partial charge in [-0.05, 0) is 50.9 Å². The first-order valence-electron chi connectivity index (χ1n) is 7.95. The number of ether oxygens (including phenoxy) is 1. The van der Waals surface area contributed by atoms with E-state index in [4.69, 9.17) is 4.74 Å². The van der Waals surface area contributed by atoms with Crippen molar-refractivity contribution in [1.82, 2.24) is 5.32 Å². The highest BCUT2D eigenvalue weighted by Gasteiger charge is 2.43. The minimum Gasteiger partial charge on any atom is -0.373 e. The van der Waals surface area contributed by atoms with Crippen LogP contribution in [0.2, 0.25) is 0 Å². The number of benzene rings is 1. The van der Waals surface area contributed by atoms with Gasteiger partial charge in [-0.15, -0.1) is 0 Å². The van der Waals surface area contributed by atoms with E-state index in [9.17, 15) is 8.78 Å². The van der Waals surface area contributed by atoms with Crippen LogP contribution in [0.1, 0.15) is 57.6 Å². The molecule has 2 rings (SSSR count). The number of hydrogen-bond acceptors (Lipinski definition) is 2. The lowest BCUT2D eigenvalue weighted by atomic mass is 9.86. The van der Waals surface area contributed by atoms with Gasteiger partial charge in [-0.1, -0.05) is 19.8 Å². The second-order valence-corrected chi connectivity index (χ2v) is 5.76. The predicted octanol–water partition coefficient (Wildman–Crippen LogP) is 4.35. The summed E-state index contributed by atoms with van der Waals surface area (Å²) in [5.41, 5.74) is -0.0303. The van der Waals surface area contributed by atoms with E-state index in [1.807, 2.05) is 6.92 Å². The van der Waals surface area contributed by atoms with Crippen LogP contribution >= 0.6 is 0 Å². The van der Waals surface area contributed by atoms with E-state index in [0.29, 0.717) is 12.2 Å². The van der Waals surface area contributed by atoms with Crippen LogP contribution in [0, 0.1) is 11.6 Å². The van der Waals surface area contributed by atoms with Gasteiger partial charge >= 0.3 is 0 Å². The van der Waals surface area contributed by atoms with E-state index in [2.05, 4.69) is 12.2 Å². The molecule has 1 aromatic carbocycles. The van der Waals surface area contributed by atoms with Gasteiger partial charge in [0.1, 0.15) is 11.6 Å². The van der Waals surface area contributed by atoms with Crippen molar-refractivity contribution < 1.29 is 13.5 Å².